The molecule has 0 unspecified atom stereocenters. The van der Waals surface area contributed by atoms with E-state index < -0.39 is 16.9 Å². The van der Waals surface area contributed by atoms with Gasteiger partial charge < -0.3 is 11.1 Å². The van der Waals surface area contributed by atoms with E-state index in [9.17, 15) is 14.9 Å². The van der Waals surface area contributed by atoms with E-state index in [1.165, 1.54) is 12.1 Å². The number of benzene rings is 1. The maximum absolute atomic E-state index is 11.9. The van der Waals surface area contributed by atoms with E-state index in [0.717, 1.165) is 12.0 Å². The molecule has 19 heavy (non-hydrogen) atoms. The third-order valence-electron chi connectivity index (χ3n) is 3.17. The predicted octanol–water partition coefficient (Wildman–Crippen LogP) is 2.22. The van der Waals surface area contributed by atoms with Gasteiger partial charge in [-0.2, -0.15) is 0 Å². The molecular weight excluding hydrogens is 246 g/mol. The molecule has 0 aromatic heterocycles. The minimum Gasteiger partial charge on any atom is -0.320 e. The number of nitrogens with zero attached hydrogens (tertiary/aromatic N) is 1. The number of carbonyl (C=O) groups is 1. The van der Waals surface area contributed by atoms with Crippen LogP contribution in [0.5, 0.6) is 0 Å². The fourth-order valence-electron chi connectivity index (χ4n) is 1.63. The normalized spacial score (nSPS) is 13.7. The summed E-state index contributed by atoms with van der Waals surface area (Å²) in [5, 5.41) is 13.5. The maximum atomic E-state index is 11.9. The molecule has 0 heterocycles. The van der Waals surface area contributed by atoms with Crippen molar-refractivity contribution in [2.75, 3.05) is 5.32 Å². The topological polar surface area (TPSA) is 98.3 Å². The van der Waals surface area contributed by atoms with Crippen molar-refractivity contribution in [1.82, 2.24) is 0 Å². The number of aryl methyl sites for hydroxylation is 1. The van der Waals surface area contributed by atoms with Gasteiger partial charge in [0.15, 0.2) is 0 Å². The van der Waals surface area contributed by atoms with E-state index in [0.29, 0.717) is 0 Å². The van der Waals surface area contributed by atoms with Crippen molar-refractivity contribution in [2.24, 2.45) is 11.7 Å². The monoisotopic (exact) mass is 265 g/mol. The Kier molecular flexibility index (Phi) is 5.00. The largest absolute Gasteiger partial charge is 0.320 e. The van der Waals surface area contributed by atoms with Crippen LogP contribution >= 0.6 is 0 Å². The van der Waals surface area contributed by atoms with E-state index in [2.05, 4.69) is 5.32 Å². The first-order valence-corrected chi connectivity index (χ1v) is 6.18. The number of nitro groups is 1. The van der Waals surface area contributed by atoms with Gasteiger partial charge in [-0.25, -0.2) is 0 Å². The first-order valence-electron chi connectivity index (χ1n) is 6.18. The second-order valence-corrected chi connectivity index (χ2v) is 4.68. The summed E-state index contributed by atoms with van der Waals surface area (Å²) < 4.78 is 0. The Labute approximate surface area is 112 Å². The van der Waals surface area contributed by atoms with Crippen LogP contribution in [0, 0.1) is 23.0 Å². The first kappa shape index (κ1) is 15.1. The molecule has 0 saturated carbocycles. The molecule has 1 rings (SSSR count). The van der Waals surface area contributed by atoms with Crippen LogP contribution in [0.3, 0.4) is 0 Å². The Morgan fingerprint density at radius 1 is 1.53 bits per heavy atom. The summed E-state index contributed by atoms with van der Waals surface area (Å²) in [5.41, 5.74) is 6.61. The lowest BCUT2D eigenvalue weighted by Crippen LogP contribution is -2.40. The van der Waals surface area contributed by atoms with Crippen LogP contribution in [0.25, 0.3) is 0 Å². The van der Waals surface area contributed by atoms with Crippen LogP contribution < -0.4 is 11.1 Å². The summed E-state index contributed by atoms with van der Waals surface area (Å²) in [6, 6.07) is 3.97. The average Bonchev–Trinajstić information content (AvgIpc) is 2.38. The fraction of sp³-hybridized carbons (Fsp3) is 0.462. The number of anilines is 1. The van der Waals surface area contributed by atoms with Gasteiger partial charge in [0.05, 0.1) is 11.0 Å². The molecule has 6 heteroatoms. The van der Waals surface area contributed by atoms with Crippen molar-refractivity contribution in [3.63, 3.8) is 0 Å². The van der Waals surface area contributed by atoms with Gasteiger partial charge in [-0.1, -0.05) is 26.3 Å². The van der Waals surface area contributed by atoms with Crippen molar-refractivity contribution < 1.29 is 9.72 Å². The molecule has 1 amide bonds. The zero-order valence-corrected chi connectivity index (χ0v) is 11.3. The highest BCUT2D eigenvalue weighted by Gasteiger charge is 2.22. The SMILES string of the molecule is CC[C@H](C)[C@H](N)C(=O)Nc1ccc(C)cc1[N+](=O)[O-]. The average molecular weight is 265 g/mol. The summed E-state index contributed by atoms with van der Waals surface area (Å²) in [6.07, 6.45) is 0.768. The van der Waals surface area contributed by atoms with Crippen LogP contribution in [0.2, 0.25) is 0 Å². The second-order valence-electron chi connectivity index (χ2n) is 4.68. The highest BCUT2D eigenvalue weighted by atomic mass is 16.6. The number of hydrogen-bond donors (Lipinski definition) is 2. The Morgan fingerprint density at radius 3 is 2.68 bits per heavy atom. The molecule has 104 valence electrons. The number of carbonyl (C=O) groups excluding carboxylic acids is 1. The molecule has 0 radical (unpaired) electrons. The maximum Gasteiger partial charge on any atom is 0.293 e. The van der Waals surface area contributed by atoms with Crippen molar-refractivity contribution in [3.05, 3.63) is 33.9 Å². The van der Waals surface area contributed by atoms with Gasteiger partial charge >= 0.3 is 0 Å². The quantitative estimate of drug-likeness (QED) is 0.630. The van der Waals surface area contributed by atoms with E-state index in [4.69, 9.17) is 5.73 Å². The molecule has 0 bridgehead atoms. The van der Waals surface area contributed by atoms with Crippen molar-refractivity contribution in [1.29, 1.82) is 0 Å². The number of hydrogen-bond acceptors (Lipinski definition) is 4. The van der Waals surface area contributed by atoms with Gasteiger partial charge in [-0.15, -0.1) is 0 Å². The Morgan fingerprint density at radius 2 is 2.16 bits per heavy atom. The molecule has 1 aromatic carbocycles. The Balaban J connectivity index is 2.94. The summed E-state index contributed by atoms with van der Waals surface area (Å²) in [6.45, 7) is 5.56. The summed E-state index contributed by atoms with van der Waals surface area (Å²) in [4.78, 5) is 22.3. The highest BCUT2D eigenvalue weighted by Crippen LogP contribution is 2.25. The van der Waals surface area contributed by atoms with Gasteiger partial charge in [-0.3, -0.25) is 14.9 Å². The molecule has 0 spiro atoms. The Hall–Kier alpha value is -1.95. The van der Waals surface area contributed by atoms with Crippen molar-refractivity contribution in [2.45, 2.75) is 33.2 Å². The second kappa shape index (κ2) is 6.29. The number of nitrogens with two attached hydrogens (primary N) is 1. The zero-order valence-electron chi connectivity index (χ0n) is 11.3. The molecular formula is C13H19N3O3. The number of nitrogens with one attached hydrogen (secondary N) is 1. The lowest BCUT2D eigenvalue weighted by molar-refractivity contribution is -0.384. The first-order chi connectivity index (χ1) is 8.86. The fourth-order valence-corrected chi connectivity index (χ4v) is 1.63. The van der Waals surface area contributed by atoms with Gasteiger partial charge in [0.1, 0.15) is 5.69 Å². The predicted molar refractivity (Wildman–Crippen MR) is 73.9 cm³/mol. The molecule has 0 aliphatic carbocycles. The van der Waals surface area contributed by atoms with Gasteiger partial charge in [0.25, 0.3) is 5.69 Å². The molecule has 0 aliphatic heterocycles. The van der Waals surface area contributed by atoms with E-state index in [1.807, 2.05) is 13.8 Å². The molecule has 0 fully saturated rings. The lowest BCUT2D eigenvalue weighted by Gasteiger charge is -2.17. The van der Waals surface area contributed by atoms with Crippen LogP contribution in [0.4, 0.5) is 11.4 Å². The smallest absolute Gasteiger partial charge is 0.293 e. The number of nitro benzene ring substituents is 1. The molecule has 6 nitrogen and oxygen atoms in total. The van der Waals surface area contributed by atoms with Crippen molar-refractivity contribution in [3.8, 4) is 0 Å². The van der Waals surface area contributed by atoms with Crippen LogP contribution in [0.15, 0.2) is 18.2 Å². The molecule has 1 aromatic rings. The molecule has 3 N–H and O–H groups in total. The molecule has 2 atom stereocenters. The minimum absolute atomic E-state index is 0.0181. The van der Waals surface area contributed by atoms with Gasteiger partial charge in [-0.05, 0) is 24.5 Å². The van der Waals surface area contributed by atoms with Gasteiger partial charge in [0, 0.05) is 6.07 Å². The molecule has 0 saturated heterocycles. The number of rotatable bonds is 5. The Bertz CT molecular complexity index is 488. The summed E-state index contributed by atoms with van der Waals surface area (Å²) in [5.74, 6) is -0.384. The highest BCUT2D eigenvalue weighted by molar-refractivity contribution is 5.96. The number of amides is 1. The third kappa shape index (κ3) is 3.75. The van der Waals surface area contributed by atoms with Crippen LogP contribution in [0.1, 0.15) is 25.8 Å². The molecule has 0 aliphatic rings. The standard InChI is InChI=1S/C13H19N3O3/c1-4-9(3)12(14)13(17)15-10-6-5-8(2)7-11(10)16(18)19/h5-7,9,12H,4,14H2,1-3H3,(H,15,17)/t9-,12-/m0/s1. The van der Waals surface area contributed by atoms with E-state index >= 15 is 0 Å². The van der Waals surface area contributed by atoms with Crippen LogP contribution in [-0.2, 0) is 4.79 Å². The van der Waals surface area contributed by atoms with E-state index in [1.54, 1.807) is 13.0 Å². The zero-order chi connectivity index (χ0) is 14.6. The van der Waals surface area contributed by atoms with Crippen molar-refractivity contribution >= 4 is 17.3 Å². The van der Waals surface area contributed by atoms with E-state index in [-0.39, 0.29) is 17.3 Å². The third-order valence-corrected chi connectivity index (χ3v) is 3.17. The minimum atomic E-state index is -0.675. The summed E-state index contributed by atoms with van der Waals surface area (Å²) >= 11 is 0. The van der Waals surface area contributed by atoms with Crippen LogP contribution in [-0.4, -0.2) is 16.9 Å². The van der Waals surface area contributed by atoms with Gasteiger partial charge in [0.2, 0.25) is 5.91 Å². The summed E-state index contributed by atoms with van der Waals surface area (Å²) in [7, 11) is 0. The lowest BCUT2D eigenvalue weighted by atomic mass is 9.99.